The van der Waals surface area contributed by atoms with Crippen LogP contribution in [0.2, 0.25) is 0 Å². The highest BCUT2D eigenvalue weighted by Gasteiger charge is 2.99. The van der Waals surface area contributed by atoms with Crippen LogP contribution >= 0.6 is 0 Å². The summed E-state index contributed by atoms with van der Waals surface area (Å²) in [5.41, 5.74) is 0. The highest BCUT2D eigenvalue weighted by molar-refractivity contribution is 5.77. The summed E-state index contributed by atoms with van der Waals surface area (Å²) < 4.78 is 291. The van der Waals surface area contributed by atoms with Gasteiger partial charge < -0.3 is 10.2 Å². The molecule has 0 aliphatic heterocycles. The molecule has 0 rings (SSSR count). The number of rotatable bonds is 12. The van der Waals surface area contributed by atoms with Gasteiger partial charge in [0.25, 0.3) is 0 Å². The van der Waals surface area contributed by atoms with Crippen LogP contribution in [0.25, 0.3) is 0 Å². The molecule has 0 heterocycles. The van der Waals surface area contributed by atoms with Crippen LogP contribution in [0.4, 0.5) is 96.6 Å². The Balaban J connectivity index is 7.34. The van der Waals surface area contributed by atoms with E-state index in [4.69, 9.17) is 10.2 Å². The molecule has 0 atom stereocenters. The van der Waals surface area contributed by atoms with E-state index >= 15 is 0 Å². The van der Waals surface area contributed by atoms with Crippen molar-refractivity contribution in [3.8, 4) is 0 Å². The summed E-state index contributed by atoms with van der Waals surface area (Å²) in [6.07, 6.45) is 0. The lowest BCUT2D eigenvalue weighted by Crippen LogP contribution is -2.78. The fourth-order valence-corrected chi connectivity index (χ4v) is 2.04. The SMILES string of the molecule is O=C(O)C(F)(F)C(F)(F)C(F)(F)C(F)(F)C(F)(F)C(F)(F)C(F)(F)C(F)(F)C(F)(F)C(F)(F)C(F)(F)C(=O)O. The second-order valence-electron chi connectivity index (χ2n) is 6.93. The van der Waals surface area contributed by atoms with Crippen molar-refractivity contribution in [3.05, 3.63) is 0 Å². The molecule has 0 amide bonds. The van der Waals surface area contributed by atoms with Crippen LogP contribution < -0.4 is 0 Å². The van der Waals surface area contributed by atoms with Crippen molar-refractivity contribution < 1.29 is 116 Å². The van der Waals surface area contributed by atoms with Gasteiger partial charge in [-0.25, -0.2) is 9.59 Å². The highest BCUT2D eigenvalue weighted by atomic mass is 19.4. The van der Waals surface area contributed by atoms with E-state index in [2.05, 4.69) is 0 Å². The Morgan fingerprint density at radius 3 is 0.487 bits per heavy atom. The molecule has 39 heavy (non-hydrogen) atoms. The maximum Gasteiger partial charge on any atom is 0.410 e. The zero-order valence-electron chi connectivity index (χ0n) is 16.5. The first-order valence-electron chi connectivity index (χ1n) is 8.01. The largest absolute Gasteiger partial charge is 0.477 e. The average molecular weight is 640 g/mol. The van der Waals surface area contributed by atoms with Gasteiger partial charge in [0.15, 0.2) is 0 Å². The molecule has 232 valence electrons. The molecule has 2 N–H and O–H groups in total. The maximum absolute atomic E-state index is 13.5. The average Bonchev–Trinajstić information content (AvgIpc) is 2.71. The molecule has 0 aromatic carbocycles. The number of carboxylic acids is 2. The minimum atomic E-state index is -9.54. The van der Waals surface area contributed by atoms with Gasteiger partial charge >= 0.3 is 77.1 Å². The Labute approximate surface area is 195 Å². The van der Waals surface area contributed by atoms with E-state index in [0.29, 0.717) is 0 Å². The summed E-state index contributed by atoms with van der Waals surface area (Å²) in [6, 6.07) is 0. The molecule has 0 spiro atoms. The van der Waals surface area contributed by atoms with Gasteiger partial charge in [-0.1, -0.05) is 0 Å². The first-order chi connectivity index (χ1) is 16.4. The van der Waals surface area contributed by atoms with Gasteiger partial charge in [0.1, 0.15) is 0 Å². The second kappa shape index (κ2) is 8.70. The van der Waals surface area contributed by atoms with Crippen LogP contribution in [0.5, 0.6) is 0 Å². The molecular formula is C13H2F22O4. The molecule has 0 aromatic rings. The second-order valence-corrected chi connectivity index (χ2v) is 6.93. The van der Waals surface area contributed by atoms with Crippen LogP contribution in [0.3, 0.4) is 0 Å². The summed E-state index contributed by atoms with van der Waals surface area (Å²) in [5.74, 6) is -107. The first-order valence-corrected chi connectivity index (χ1v) is 8.01. The van der Waals surface area contributed by atoms with Crippen molar-refractivity contribution in [2.45, 2.75) is 65.1 Å². The lowest BCUT2D eigenvalue weighted by Gasteiger charge is -2.45. The molecule has 0 fully saturated rings. The van der Waals surface area contributed by atoms with E-state index in [9.17, 15) is 106 Å². The van der Waals surface area contributed by atoms with Crippen LogP contribution in [-0.2, 0) is 9.59 Å². The summed E-state index contributed by atoms with van der Waals surface area (Å²) in [4.78, 5) is 19.8. The molecule has 26 heteroatoms. The number of carboxylic acid groups (broad SMARTS) is 2. The molecule has 0 aliphatic carbocycles. The van der Waals surface area contributed by atoms with Crippen LogP contribution in [0.1, 0.15) is 0 Å². The Morgan fingerprint density at radius 2 is 0.385 bits per heavy atom. The Kier molecular flexibility index (Phi) is 8.12. The topological polar surface area (TPSA) is 74.6 Å². The Morgan fingerprint density at radius 1 is 0.282 bits per heavy atom. The standard InChI is InChI=1S/C13H2F22O4/c14-3(15,1(36)37)5(18,19)7(22,23)9(26,27)11(30,31)13(34,35)12(32,33)10(28,29)8(24,25)6(20,21)4(16,17)2(38)39/h(H,36,37)(H,38,39). The van der Waals surface area contributed by atoms with Crippen molar-refractivity contribution in [1.29, 1.82) is 0 Å². The lowest BCUT2D eigenvalue weighted by atomic mass is 9.84. The smallest absolute Gasteiger partial charge is 0.410 e. The third-order valence-corrected chi connectivity index (χ3v) is 4.48. The third kappa shape index (κ3) is 4.00. The molecule has 0 bridgehead atoms. The number of hydrogen-bond donors (Lipinski definition) is 2. The van der Waals surface area contributed by atoms with E-state index in [1.165, 1.54) is 0 Å². The number of alkyl halides is 22. The van der Waals surface area contributed by atoms with Crippen LogP contribution in [0.15, 0.2) is 0 Å². The predicted octanol–water partition coefficient (Wildman–Crippen LogP) is 6.14. The van der Waals surface area contributed by atoms with Gasteiger partial charge in [-0.05, 0) is 0 Å². The minimum Gasteiger partial charge on any atom is -0.477 e. The Bertz CT molecular complexity index is 904. The molecule has 0 aliphatic rings. The van der Waals surface area contributed by atoms with Crippen LogP contribution in [-0.4, -0.2) is 87.3 Å². The van der Waals surface area contributed by atoms with E-state index < -0.39 is 77.1 Å². The summed E-state index contributed by atoms with van der Waals surface area (Å²) in [5, 5.41) is 15.3. The number of halogens is 22. The number of aliphatic carboxylic acids is 2. The fraction of sp³-hybridized carbons (Fsp3) is 0.846. The van der Waals surface area contributed by atoms with E-state index in [1.54, 1.807) is 0 Å². The normalized spacial score (nSPS) is 16.4. The molecule has 0 saturated carbocycles. The minimum absolute atomic E-state index is 4.63. The van der Waals surface area contributed by atoms with Crippen molar-refractivity contribution in [2.75, 3.05) is 0 Å². The van der Waals surface area contributed by atoms with Crippen LogP contribution in [0, 0.1) is 0 Å². The lowest BCUT2D eigenvalue weighted by molar-refractivity contribution is -0.472. The van der Waals surface area contributed by atoms with E-state index in [-0.39, 0.29) is 0 Å². The molecule has 0 saturated heterocycles. The number of hydrogen-bond acceptors (Lipinski definition) is 2. The van der Waals surface area contributed by atoms with Crippen molar-refractivity contribution in [3.63, 3.8) is 0 Å². The monoisotopic (exact) mass is 640 g/mol. The van der Waals surface area contributed by atoms with E-state index in [1.807, 2.05) is 0 Å². The predicted molar refractivity (Wildman–Crippen MR) is 69.7 cm³/mol. The van der Waals surface area contributed by atoms with Crippen molar-refractivity contribution in [2.24, 2.45) is 0 Å². The zero-order chi connectivity index (χ0) is 32.7. The Hall–Kier alpha value is -2.60. The summed E-state index contributed by atoms with van der Waals surface area (Å²) in [7, 11) is 0. The summed E-state index contributed by atoms with van der Waals surface area (Å²) in [6.45, 7) is 0. The highest BCUT2D eigenvalue weighted by Crippen LogP contribution is 2.67. The number of carbonyl (C=O) groups is 2. The van der Waals surface area contributed by atoms with Gasteiger partial charge in [0.2, 0.25) is 0 Å². The van der Waals surface area contributed by atoms with Gasteiger partial charge in [-0.2, -0.15) is 96.6 Å². The molecule has 4 nitrogen and oxygen atoms in total. The van der Waals surface area contributed by atoms with Gasteiger partial charge in [0, 0.05) is 0 Å². The first kappa shape index (κ1) is 36.4. The third-order valence-electron chi connectivity index (χ3n) is 4.48. The molecule has 0 aromatic heterocycles. The van der Waals surface area contributed by atoms with Gasteiger partial charge in [-0.3, -0.25) is 0 Å². The fourth-order valence-electron chi connectivity index (χ4n) is 2.04. The maximum atomic E-state index is 13.5. The quantitative estimate of drug-likeness (QED) is 0.252. The van der Waals surface area contributed by atoms with Gasteiger partial charge in [-0.15, -0.1) is 0 Å². The van der Waals surface area contributed by atoms with Crippen molar-refractivity contribution >= 4 is 11.9 Å². The van der Waals surface area contributed by atoms with Crippen molar-refractivity contribution in [1.82, 2.24) is 0 Å². The molecular weight excluding hydrogens is 638 g/mol. The zero-order valence-corrected chi connectivity index (χ0v) is 16.5. The van der Waals surface area contributed by atoms with Gasteiger partial charge in [0.05, 0.1) is 0 Å². The molecule has 0 radical (unpaired) electrons. The van der Waals surface area contributed by atoms with E-state index in [0.717, 1.165) is 0 Å². The summed E-state index contributed by atoms with van der Waals surface area (Å²) >= 11 is 0. The molecule has 0 unspecified atom stereocenters.